The first-order chi connectivity index (χ1) is 11.6. The van der Waals surface area contributed by atoms with Crippen LogP contribution in [0.3, 0.4) is 0 Å². The van der Waals surface area contributed by atoms with Crippen LogP contribution in [0.15, 0.2) is 24.3 Å². The summed E-state index contributed by atoms with van der Waals surface area (Å²) in [7, 11) is 0. The molecule has 1 aromatic rings. The molecule has 1 amide bonds. The van der Waals surface area contributed by atoms with Crippen molar-refractivity contribution in [2.24, 2.45) is 5.92 Å². The molecule has 0 aromatic heterocycles. The van der Waals surface area contributed by atoms with Crippen LogP contribution in [0.2, 0.25) is 0 Å². The Bertz CT molecular complexity index is 535. The Balaban J connectivity index is 1.43. The molecule has 3 rings (SSSR count). The number of likely N-dealkylation sites (tertiary alicyclic amines) is 1. The molecule has 1 aliphatic carbocycles. The number of hydrogen-bond donors (Lipinski definition) is 2. The predicted molar refractivity (Wildman–Crippen MR) is 96.1 cm³/mol. The van der Waals surface area contributed by atoms with Crippen molar-refractivity contribution in [1.29, 1.82) is 0 Å². The average molecular weight is 330 g/mol. The van der Waals surface area contributed by atoms with Gasteiger partial charge in [0.15, 0.2) is 0 Å². The highest BCUT2D eigenvalue weighted by atomic mass is 16.3. The fourth-order valence-corrected chi connectivity index (χ4v) is 4.16. The van der Waals surface area contributed by atoms with Crippen LogP contribution in [0.25, 0.3) is 0 Å². The molecule has 2 atom stereocenters. The van der Waals surface area contributed by atoms with Gasteiger partial charge in [0.25, 0.3) is 0 Å². The molecule has 132 valence electrons. The summed E-state index contributed by atoms with van der Waals surface area (Å²) < 4.78 is 0. The molecule has 1 aromatic carbocycles. The lowest BCUT2D eigenvalue weighted by atomic mass is 9.86. The van der Waals surface area contributed by atoms with Gasteiger partial charge in [-0.25, -0.2) is 0 Å². The van der Waals surface area contributed by atoms with Gasteiger partial charge in [-0.1, -0.05) is 31.9 Å². The molecule has 0 spiro atoms. The third kappa shape index (κ3) is 4.50. The van der Waals surface area contributed by atoms with E-state index in [0.717, 1.165) is 32.4 Å². The summed E-state index contributed by atoms with van der Waals surface area (Å²) in [4.78, 5) is 14.6. The van der Waals surface area contributed by atoms with Gasteiger partial charge in [-0.2, -0.15) is 0 Å². The minimum atomic E-state index is 0.192. The van der Waals surface area contributed by atoms with E-state index in [9.17, 15) is 9.90 Å². The van der Waals surface area contributed by atoms with Crippen LogP contribution in [0.1, 0.15) is 56.9 Å². The predicted octanol–water partition coefficient (Wildman–Crippen LogP) is 3.27. The van der Waals surface area contributed by atoms with Gasteiger partial charge in [0, 0.05) is 6.04 Å². The van der Waals surface area contributed by atoms with E-state index in [-0.39, 0.29) is 5.91 Å². The first-order valence-electron chi connectivity index (χ1n) is 9.42. The second kappa shape index (κ2) is 8.02. The molecule has 2 N–H and O–H groups in total. The van der Waals surface area contributed by atoms with Crippen molar-refractivity contribution in [2.45, 2.75) is 57.4 Å². The maximum absolute atomic E-state index is 12.3. The highest BCUT2D eigenvalue weighted by Gasteiger charge is 2.25. The number of hydrogen-bond acceptors (Lipinski definition) is 3. The Morgan fingerprint density at radius 3 is 2.46 bits per heavy atom. The Labute approximate surface area is 145 Å². The van der Waals surface area contributed by atoms with E-state index in [1.54, 1.807) is 12.1 Å². The first-order valence-corrected chi connectivity index (χ1v) is 9.42. The van der Waals surface area contributed by atoms with Crippen LogP contribution in [0.5, 0.6) is 5.75 Å². The van der Waals surface area contributed by atoms with Crippen LogP contribution >= 0.6 is 0 Å². The summed E-state index contributed by atoms with van der Waals surface area (Å²) in [5.74, 6) is 1.67. The Hall–Kier alpha value is -1.55. The number of rotatable bonds is 4. The van der Waals surface area contributed by atoms with Gasteiger partial charge < -0.3 is 10.4 Å². The van der Waals surface area contributed by atoms with Crippen molar-refractivity contribution in [3.8, 4) is 5.75 Å². The molecule has 1 aliphatic heterocycles. The van der Waals surface area contributed by atoms with Crippen LogP contribution < -0.4 is 5.32 Å². The lowest BCUT2D eigenvalue weighted by Crippen LogP contribution is -2.47. The Morgan fingerprint density at radius 1 is 1.12 bits per heavy atom. The number of nitrogens with zero attached hydrogens (tertiary/aromatic N) is 1. The zero-order valence-corrected chi connectivity index (χ0v) is 14.7. The quantitative estimate of drug-likeness (QED) is 0.891. The second-order valence-corrected chi connectivity index (χ2v) is 7.58. The average Bonchev–Trinajstić information content (AvgIpc) is 2.58. The summed E-state index contributed by atoms with van der Waals surface area (Å²) >= 11 is 0. The monoisotopic (exact) mass is 330 g/mol. The smallest absolute Gasteiger partial charge is 0.234 e. The van der Waals surface area contributed by atoms with Crippen molar-refractivity contribution in [2.75, 3.05) is 19.6 Å². The Kier molecular flexibility index (Phi) is 5.77. The number of aromatic hydroxyl groups is 1. The number of nitrogens with one attached hydrogen (secondary N) is 1. The molecule has 0 radical (unpaired) electrons. The number of phenolic OH excluding ortho intramolecular Hbond substituents is 1. The first kappa shape index (κ1) is 17.3. The largest absolute Gasteiger partial charge is 0.508 e. The molecule has 4 nitrogen and oxygen atoms in total. The van der Waals surface area contributed by atoms with Crippen LogP contribution in [0.4, 0.5) is 0 Å². The third-order valence-electron chi connectivity index (χ3n) is 5.78. The summed E-state index contributed by atoms with van der Waals surface area (Å²) in [5, 5.41) is 12.7. The fourth-order valence-electron chi connectivity index (χ4n) is 4.16. The van der Waals surface area contributed by atoms with E-state index in [2.05, 4.69) is 17.1 Å². The summed E-state index contributed by atoms with van der Waals surface area (Å²) in [6.07, 6.45) is 7.08. The van der Waals surface area contributed by atoms with Gasteiger partial charge in [0.2, 0.25) is 5.91 Å². The van der Waals surface area contributed by atoms with Gasteiger partial charge in [-0.3, -0.25) is 9.69 Å². The van der Waals surface area contributed by atoms with Gasteiger partial charge >= 0.3 is 0 Å². The minimum Gasteiger partial charge on any atom is -0.508 e. The second-order valence-electron chi connectivity index (χ2n) is 7.58. The molecule has 0 bridgehead atoms. The molecular weight excluding hydrogens is 300 g/mol. The molecule has 4 heteroatoms. The van der Waals surface area contributed by atoms with Gasteiger partial charge in [-0.05, 0) is 68.3 Å². The van der Waals surface area contributed by atoms with E-state index < -0.39 is 0 Å². The summed E-state index contributed by atoms with van der Waals surface area (Å²) in [5.41, 5.74) is 1.30. The minimum absolute atomic E-state index is 0.192. The molecule has 24 heavy (non-hydrogen) atoms. The molecule has 2 fully saturated rings. The van der Waals surface area contributed by atoms with E-state index in [4.69, 9.17) is 0 Å². The van der Waals surface area contributed by atoms with E-state index >= 15 is 0 Å². The molecule has 0 unspecified atom stereocenters. The number of benzene rings is 1. The molecular formula is C20H30N2O2. The number of carbonyl (C=O) groups is 1. The topological polar surface area (TPSA) is 52.6 Å². The van der Waals surface area contributed by atoms with Gasteiger partial charge in [0.1, 0.15) is 5.75 Å². The van der Waals surface area contributed by atoms with Crippen molar-refractivity contribution in [1.82, 2.24) is 10.2 Å². The number of phenols is 1. The van der Waals surface area contributed by atoms with Gasteiger partial charge in [0.05, 0.1) is 6.54 Å². The summed E-state index contributed by atoms with van der Waals surface area (Å²) in [6.45, 7) is 4.73. The molecule has 1 heterocycles. The standard InChI is InChI=1S/C20H30N2O2/c1-15-4-2-3-5-19(15)21-20(24)14-22-12-10-17(11-13-22)16-6-8-18(23)9-7-16/h6-9,15,17,19,23H,2-5,10-14H2,1H3,(H,21,24)/t15-,19-/m1/s1. The molecule has 2 aliphatic rings. The third-order valence-corrected chi connectivity index (χ3v) is 5.78. The molecule has 1 saturated carbocycles. The van der Waals surface area contributed by atoms with E-state index in [0.29, 0.717) is 30.2 Å². The zero-order valence-electron chi connectivity index (χ0n) is 14.7. The van der Waals surface area contributed by atoms with Crippen LogP contribution in [-0.2, 0) is 4.79 Å². The van der Waals surface area contributed by atoms with Crippen LogP contribution in [-0.4, -0.2) is 41.6 Å². The van der Waals surface area contributed by atoms with Crippen LogP contribution in [0, 0.1) is 5.92 Å². The van der Waals surface area contributed by atoms with Crippen molar-refractivity contribution in [3.05, 3.63) is 29.8 Å². The number of amides is 1. The van der Waals surface area contributed by atoms with Crippen molar-refractivity contribution in [3.63, 3.8) is 0 Å². The lowest BCUT2D eigenvalue weighted by Gasteiger charge is -2.33. The maximum Gasteiger partial charge on any atom is 0.234 e. The normalized spacial score (nSPS) is 26.2. The summed E-state index contributed by atoms with van der Waals surface area (Å²) in [6, 6.07) is 7.95. The number of carbonyl (C=O) groups excluding carboxylic acids is 1. The zero-order chi connectivity index (χ0) is 16.9. The number of piperidine rings is 1. The molecule has 1 saturated heterocycles. The van der Waals surface area contributed by atoms with Crippen molar-refractivity contribution >= 4 is 5.91 Å². The van der Waals surface area contributed by atoms with E-state index in [1.165, 1.54) is 24.8 Å². The Morgan fingerprint density at radius 2 is 1.79 bits per heavy atom. The van der Waals surface area contributed by atoms with Gasteiger partial charge in [-0.15, -0.1) is 0 Å². The lowest BCUT2D eigenvalue weighted by molar-refractivity contribution is -0.123. The maximum atomic E-state index is 12.3. The van der Waals surface area contributed by atoms with E-state index in [1.807, 2.05) is 12.1 Å². The highest BCUT2D eigenvalue weighted by molar-refractivity contribution is 5.78. The SMILES string of the molecule is C[C@@H]1CCCC[C@H]1NC(=O)CN1CCC(c2ccc(O)cc2)CC1. The highest BCUT2D eigenvalue weighted by Crippen LogP contribution is 2.29. The fraction of sp³-hybridized carbons (Fsp3) is 0.650. The van der Waals surface area contributed by atoms with Crippen molar-refractivity contribution < 1.29 is 9.90 Å².